The number of cyclic esters (lactones) is 1. The Hall–Kier alpha value is -2.33. The summed E-state index contributed by atoms with van der Waals surface area (Å²) in [6, 6.07) is 19.8. The minimum absolute atomic E-state index is 0.158. The van der Waals surface area contributed by atoms with Crippen LogP contribution in [0.1, 0.15) is 25.0 Å². The Kier molecular flexibility index (Phi) is 4.58. The molecule has 1 fully saturated rings. The normalized spacial score (nSPS) is 19.6. The van der Waals surface area contributed by atoms with E-state index in [0.717, 1.165) is 11.1 Å². The van der Waals surface area contributed by atoms with Gasteiger partial charge in [0.2, 0.25) is 0 Å². The third-order valence-corrected chi connectivity index (χ3v) is 4.54. The van der Waals surface area contributed by atoms with E-state index in [1.54, 1.807) is 12.0 Å². The lowest BCUT2D eigenvalue weighted by Crippen LogP contribution is -2.48. The first-order chi connectivity index (χ1) is 11.6. The van der Waals surface area contributed by atoms with E-state index in [2.05, 4.69) is 13.8 Å². The summed E-state index contributed by atoms with van der Waals surface area (Å²) in [6.45, 7) is 4.43. The highest BCUT2D eigenvalue weighted by Gasteiger charge is 2.57. The maximum absolute atomic E-state index is 12.7. The van der Waals surface area contributed by atoms with Crippen molar-refractivity contribution in [1.82, 2.24) is 4.90 Å². The quantitative estimate of drug-likeness (QED) is 0.834. The van der Waals surface area contributed by atoms with Gasteiger partial charge >= 0.3 is 6.09 Å². The summed E-state index contributed by atoms with van der Waals surface area (Å²) in [4.78, 5) is 14.4. The number of ether oxygens (including phenoxy) is 2. The van der Waals surface area contributed by atoms with Crippen LogP contribution in [-0.4, -0.2) is 30.9 Å². The third-order valence-electron chi connectivity index (χ3n) is 4.54. The Morgan fingerprint density at radius 2 is 1.54 bits per heavy atom. The van der Waals surface area contributed by atoms with Gasteiger partial charge in [-0.15, -0.1) is 0 Å². The average Bonchev–Trinajstić information content (AvgIpc) is 2.91. The summed E-state index contributed by atoms with van der Waals surface area (Å²) >= 11 is 0. The van der Waals surface area contributed by atoms with E-state index in [0.29, 0.717) is 0 Å². The molecule has 0 N–H and O–H groups in total. The van der Waals surface area contributed by atoms with Gasteiger partial charge in [-0.25, -0.2) is 4.79 Å². The first kappa shape index (κ1) is 16.5. The van der Waals surface area contributed by atoms with Crippen molar-refractivity contribution in [2.45, 2.75) is 25.5 Å². The van der Waals surface area contributed by atoms with Gasteiger partial charge < -0.3 is 9.47 Å². The Bertz CT molecular complexity index is 645. The van der Waals surface area contributed by atoms with E-state index >= 15 is 0 Å². The molecule has 1 aliphatic heterocycles. The topological polar surface area (TPSA) is 38.8 Å². The van der Waals surface area contributed by atoms with Gasteiger partial charge in [-0.2, -0.15) is 0 Å². The van der Waals surface area contributed by atoms with Gasteiger partial charge in [0.25, 0.3) is 0 Å². The summed E-state index contributed by atoms with van der Waals surface area (Å²) in [5, 5.41) is 0. The average molecular weight is 325 g/mol. The second-order valence-corrected chi connectivity index (χ2v) is 6.41. The summed E-state index contributed by atoms with van der Waals surface area (Å²) in [6.07, 6.45) is -0.344. The van der Waals surface area contributed by atoms with Crippen LogP contribution in [0.3, 0.4) is 0 Å². The molecule has 0 unspecified atom stereocenters. The van der Waals surface area contributed by atoms with Crippen LogP contribution in [0.15, 0.2) is 60.7 Å². The number of amides is 1. The molecule has 126 valence electrons. The molecule has 3 rings (SSSR count). The maximum atomic E-state index is 12.7. The van der Waals surface area contributed by atoms with Crippen molar-refractivity contribution < 1.29 is 14.3 Å². The van der Waals surface area contributed by atoms with Gasteiger partial charge in [0.1, 0.15) is 6.73 Å². The molecule has 0 bridgehead atoms. The summed E-state index contributed by atoms with van der Waals surface area (Å²) in [5.74, 6) is 0.187. The lowest BCUT2D eigenvalue weighted by Gasteiger charge is -2.38. The van der Waals surface area contributed by atoms with E-state index in [1.807, 2.05) is 60.7 Å². The van der Waals surface area contributed by atoms with Gasteiger partial charge in [-0.05, 0) is 5.92 Å². The number of nitrogens with zero attached hydrogens (tertiary/aromatic N) is 1. The van der Waals surface area contributed by atoms with Crippen LogP contribution in [0.2, 0.25) is 0 Å². The van der Waals surface area contributed by atoms with E-state index < -0.39 is 5.60 Å². The molecule has 0 radical (unpaired) electrons. The zero-order valence-electron chi connectivity index (χ0n) is 14.3. The highest BCUT2D eigenvalue weighted by molar-refractivity contribution is 5.73. The molecule has 24 heavy (non-hydrogen) atoms. The van der Waals surface area contributed by atoms with Crippen LogP contribution < -0.4 is 0 Å². The summed E-state index contributed by atoms with van der Waals surface area (Å²) in [5.41, 5.74) is 1.11. The number of benzene rings is 2. The van der Waals surface area contributed by atoms with Gasteiger partial charge in [-0.1, -0.05) is 74.5 Å². The largest absolute Gasteiger partial charge is 0.431 e. The molecule has 1 aliphatic rings. The molecular weight excluding hydrogens is 302 g/mol. The molecule has 0 saturated carbocycles. The molecule has 1 heterocycles. The Morgan fingerprint density at radius 3 is 1.96 bits per heavy atom. The molecule has 0 spiro atoms. The van der Waals surface area contributed by atoms with Crippen LogP contribution in [0.25, 0.3) is 0 Å². The van der Waals surface area contributed by atoms with Crippen LogP contribution >= 0.6 is 0 Å². The van der Waals surface area contributed by atoms with E-state index in [9.17, 15) is 4.79 Å². The number of hydrogen-bond acceptors (Lipinski definition) is 3. The summed E-state index contributed by atoms with van der Waals surface area (Å²) < 4.78 is 11.3. The predicted molar refractivity (Wildman–Crippen MR) is 92.5 cm³/mol. The lowest BCUT2D eigenvalue weighted by atomic mass is 9.76. The van der Waals surface area contributed by atoms with E-state index in [-0.39, 0.29) is 24.8 Å². The highest BCUT2D eigenvalue weighted by atomic mass is 16.6. The number of rotatable bonds is 5. The van der Waals surface area contributed by atoms with E-state index in [4.69, 9.17) is 9.47 Å². The lowest BCUT2D eigenvalue weighted by molar-refractivity contribution is 0.0355. The van der Waals surface area contributed by atoms with Gasteiger partial charge in [-0.3, -0.25) is 4.90 Å². The monoisotopic (exact) mass is 325 g/mol. The first-order valence-corrected chi connectivity index (χ1v) is 8.21. The number of hydrogen-bond donors (Lipinski definition) is 0. The maximum Gasteiger partial charge on any atom is 0.413 e. The smallest absolute Gasteiger partial charge is 0.413 e. The van der Waals surface area contributed by atoms with Crippen molar-refractivity contribution in [1.29, 1.82) is 0 Å². The Morgan fingerprint density at radius 1 is 1.04 bits per heavy atom. The second-order valence-electron chi connectivity index (χ2n) is 6.41. The van der Waals surface area contributed by atoms with Gasteiger partial charge in [0, 0.05) is 18.2 Å². The van der Waals surface area contributed by atoms with Crippen LogP contribution in [0.4, 0.5) is 4.79 Å². The van der Waals surface area contributed by atoms with Crippen molar-refractivity contribution in [3.63, 3.8) is 0 Å². The molecule has 4 heteroatoms. The van der Waals surface area contributed by atoms with Crippen molar-refractivity contribution in [2.24, 2.45) is 5.92 Å². The molecule has 0 aromatic heterocycles. The van der Waals surface area contributed by atoms with Crippen LogP contribution in [-0.2, 0) is 15.1 Å². The van der Waals surface area contributed by atoms with Crippen molar-refractivity contribution >= 4 is 6.09 Å². The summed E-state index contributed by atoms with van der Waals surface area (Å²) in [7, 11) is 1.59. The molecule has 0 aliphatic carbocycles. The van der Waals surface area contributed by atoms with Crippen molar-refractivity contribution in [3.05, 3.63) is 71.8 Å². The molecule has 1 saturated heterocycles. The first-order valence-electron chi connectivity index (χ1n) is 8.21. The predicted octanol–water partition coefficient (Wildman–Crippen LogP) is 4.01. The Balaban J connectivity index is 2.23. The van der Waals surface area contributed by atoms with Gasteiger partial charge in [0.15, 0.2) is 5.60 Å². The van der Waals surface area contributed by atoms with E-state index in [1.165, 1.54) is 0 Å². The fraction of sp³-hybridized carbons (Fsp3) is 0.350. The fourth-order valence-corrected chi connectivity index (χ4v) is 3.69. The second kappa shape index (κ2) is 6.65. The number of carbonyl (C=O) groups excluding carboxylic acids is 1. The molecular formula is C20H23NO3. The number of methoxy groups -OCH3 is 1. The Labute approximate surface area is 143 Å². The zero-order valence-corrected chi connectivity index (χ0v) is 14.3. The zero-order chi connectivity index (χ0) is 17.2. The number of carbonyl (C=O) groups is 1. The third kappa shape index (κ3) is 2.57. The SMILES string of the molecule is COCN1C(=O)OC(c2ccccc2)(c2ccccc2)[C@@H]1C(C)C. The van der Waals surface area contributed by atoms with Crippen LogP contribution in [0.5, 0.6) is 0 Å². The molecule has 1 atom stereocenters. The molecule has 1 amide bonds. The van der Waals surface area contributed by atoms with Crippen molar-refractivity contribution in [2.75, 3.05) is 13.8 Å². The standard InChI is InChI=1S/C20H23NO3/c1-15(2)18-20(16-10-6-4-7-11-16,17-12-8-5-9-13-17)24-19(22)21(18)14-23-3/h4-13,15,18H,14H2,1-3H3/t18-/m0/s1. The minimum atomic E-state index is -0.841. The van der Waals surface area contributed by atoms with Crippen molar-refractivity contribution in [3.8, 4) is 0 Å². The molecule has 2 aromatic carbocycles. The fourth-order valence-electron chi connectivity index (χ4n) is 3.69. The van der Waals surface area contributed by atoms with Crippen LogP contribution in [0, 0.1) is 5.92 Å². The highest BCUT2D eigenvalue weighted by Crippen LogP contribution is 2.46. The minimum Gasteiger partial charge on any atom is -0.431 e. The molecule has 4 nitrogen and oxygen atoms in total. The molecule has 2 aromatic rings. The van der Waals surface area contributed by atoms with Gasteiger partial charge in [0.05, 0.1) is 6.04 Å².